The molecule has 3 aromatic carbocycles. The van der Waals surface area contributed by atoms with Crippen LogP contribution in [0.5, 0.6) is 5.75 Å². The van der Waals surface area contributed by atoms with E-state index >= 15 is 0 Å². The van der Waals surface area contributed by atoms with Gasteiger partial charge in [-0.05, 0) is 73.3 Å². The molecule has 7 heteroatoms. The molecule has 0 atom stereocenters. The van der Waals surface area contributed by atoms with Crippen LogP contribution in [0.3, 0.4) is 0 Å². The predicted octanol–water partition coefficient (Wildman–Crippen LogP) is 9.81. The van der Waals surface area contributed by atoms with Crippen LogP contribution >= 0.6 is 0 Å². The van der Waals surface area contributed by atoms with Gasteiger partial charge in [-0.15, -0.1) is 0 Å². The van der Waals surface area contributed by atoms with E-state index < -0.39 is 40.7 Å². The van der Waals surface area contributed by atoms with Crippen LogP contribution in [-0.2, 0) is 6.11 Å². The smallest absolute Gasteiger partial charge is 0.429 e. The molecule has 0 heterocycles. The summed E-state index contributed by atoms with van der Waals surface area (Å²) in [4.78, 5) is 0. The largest absolute Gasteiger partial charge is 0.432 e. The van der Waals surface area contributed by atoms with Crippen LogP contribution in [0.15, 0.2) is 48.5 Å². The molecule has 0 aliphatic heterocycles. The van der Waals surface area contributed by atoms with Gasteiger partial charge >= 0.3 is 6.11 Å². The lowest BCUT2D eigenvalue weighted by Gasteiger charge is -2.29. The average Bonchev–Trinajstić information content (AvgIpc) is 2.85. The maximum Gasteiger partial charge on any atom is 0.432 e. The standard InChI is InChI=1S/C30H30F6O/c1-3-4-5-19-6-8-20(9-7-19)21-10-12-22(13-11-21)23-14-27(33)29(28(34)15-23)30(35,36)37-24-16-25(31)18(2)26(32)17-24/h10-17,19-20H,3-9H2,1-2H3. The summed E-state index contributed by atoms with van der Waals surface area (Å²) in [6.07, 6.45) is 3.85. The van der Waals surface area contributed by atoms with Gasteiger partial charge in [0.1, 0.15) is 34.6 Å². The van der Waals surface area contributed by atoms with Crippen molar-refractivity contribution in [3.05, 3.63) is 88.5 Å². The van der Waals surface area contributed by atoms with Gasteiger partial charge in [-0.2, -0.15) is 8.78 Å². The number of alkyl halides is 2. The van der Waals surface area contributed by atoms with E-state index in [2.05, 4.69) is 11.7 Å². The zero-order valence-electron chi connectivity index (χ0n) is 20.9. The average molecular weight is 521 g/mol. The highest BCUT2D eigenvalue weighted by Crippen LogP contribution is 2.40. The maximum absolute atomic E-state index is 14.8. The van der Waals surface area contributed by atoms with Gasteiger partial charge in [-0.3, -0.25) is 0 Å². The second-order valence-electron chi connectivity index (χ2n) is 9.93. The monoisotopic (exact) mass is 520 g/mol. The maximum atomic E-state index is 14.8. The van der Waals surface area contributed by atoms with Crippen molar-refractivity contribution in [2.45, 2.75) is 70.8 Å². The summed E-state index contributed by atoms with van der Waals surface area (Å²) in [5.74, 6) is -4.94. The molecule has 0 unspecified atom stereocenters. The molecule has 1 fully saturated rings. The Balaban J connectivity index is 1.50. The Morgan fingerprint density at radius 1 is 0.784 bits per heavy atom. The van der Waals surface area contributed by atoms with E-state index in [9.17, 15) is 26.3 Å². The third-order valence-electron chi connectivity index (χ3n) is 7.36. The molecule has 0 radical (unpaired) electrons. The van der Waals surface area contributed by atoms with Crippen molar-refractivity contribution >= 4 is 0 Å². The Hall–Kier alpha value is -2.96. The van der Waals surface area contributed by atoms with Crippen LogP contribution in [-0.4, -0.2) is 0 Å². The lowest BCUT2D eigenvalue weighted by atomic mass is 9.77. The van der Waals surface area contributed by atoms with Crippen molar-refractivity contribution in [1.29, 1.82) is 0 Å². The van der Waals surface area contributed by atoms with Crippen LogP contribution in [0, 0.1) is 36.1 Å². The molecular formula is C30H30F6O. The summed E-state index contributed by atoms with van der Waals surface area (Å²) >= 11 is 0. The Morgan fingerprint density at radius 2 is 1.35 bits per heavy atom. The number of halogens is 6. The Labute approximate surface area is 213 Å². The van der Waals surface area contributed by atoms with Gasteiger partial charge in [-0.25, -0.2) is 17.6 Å². The molecule has 1 saturated carbocycles. The van der Waals surface area contributed by atoms with E-state index in [0.29, 0.717) is 23.6 Å². The Kier molecular flexibility index (Phi) is 8.20. The highest BCUT2D eigenvalue weighted by Gasteiger charge is 2.41. The molecule has 1 aliphatic rings. The lowest BCUT2D eigenvalue weighted by molar-refractivity contribution is -0.189. The molecule has 0 aromatic heterocycles. The summed E-state index contributed by atoms with van der Waals surface area (Å²) in [5.41, 5.74) is -0.279. The quantitative estimate of drug-likeness (QED) is 0.269. The molecule has 0 N–H and O–H groups in total. The third-order valence-corrected chi connectivity index (χ3v) is 7.36. The van der Waals surface area contributed by atoms with Crippen molar-refractivity contribution in [3.63, 3.8) is 0 Å². The lowest BCUT2D eigenvalue weighted by Crippen LogP contribution is -2.25. The molecule has 0 spiro atoms. The topological polar surface area (TPSA) is 9.23 Å². The molecule has 198 valence electrons. The molecule has 4 rings (SSSR count). The van der Waals surface area contributed by atoms with E-state index in [0.717, 1.165) is 43.4 Å². The van der Waals surface area contributed by atoms with Gasteiger partial charge in [0, 0.05) is 17.7 Å². The summed E-state index contributed by atoms with van der Waals surface area (Å²) in [7, 11) is 0. The Morgan fingerprint density at radius 3 is 1.89 bits per heavy atom. The molecule has 37 heavy (non-hydrogen) atoms. The second-order valence-corrected chi connectivity index (χ2v) is 9.93. The zero-order chi connectivity index (χ0) is 26.7. The SMILES string of the molecule is CCCCC1CCC(c2ccc(-c3cc(F)c(C(F)(F)Oc4cc(F)c(C)c(F)c4)c(F)c3)cc2)CC1. The first-order valence-corrected chi connectivity index (χ1v) is 12.7. The fraction of sp³-hybridized carbons (Fsp3) is 0.400. The number of benzene rings is 3. The number of unbranched alkanes of at least 4 members (excludes halogenated alkanes) is 1. The fourth-order valence-electron chi connectivity index (χ4n) is 5.12. The van der Waals surface area contributed by atoms with Gasteiger partial charge in [0.15, 0.2) is 0 Å². The van der Waals surface area contributed by atoms with E-state index in [1.54, 1.807) is 12.1 Å². The molecule has 0 bridgehead atoms. The van der Waals surface area contributed by atoms with Gasteiger partial charge in [-0.1, -0.05) is 50.5 Å². The number of ether oxygens (including phenoxy) is 1. The summed E-state index contributed by atoms with van der Waals surface area (Å²) in [6, 6.07) is 10.0. The van der Waals surface area contributed by atoms with Crippen molar-refractivity contribution in [2.75, 3.05) is 0 Å². The molecule has 3 aromatic rings. The van der Waals surface area contributed by atoms with Gasteiger partial charge < -0.3 is 4.74 Å². The number of rotatable bonds is 8. The van der Waals surface area contributed by atoms with E-state index in [1.807, 2.05) is 12.1 Å². The molecular weight excluding hydrogens is 490 g/mol. The number of hydrogen-bond acceptors (Lipinski definition) is 1. The van der Waals surface area contributed by atoms with Crippen molar-refractivity contribution in [1.82, 2.24) is 0 Å². The highest BCUT2D eigenvalue weighted by atomic mass is 19.3. The minimum atomic E-state index is -4.50. The third kappa shape index (κ3) is 6.13. The number of hydrogen-bond donors (Lipinski definition) is 0. The first-order valence-electron chi connectivity index (χ1n) is 12.7. The van der Waals surface area contributed by atoms with Gasteiger partial charge in [0.25, 0.3) is 0 Å². The van der Waals surface area contributed by atoms with Crippen LogP contribution in [0.25, 0.3) is 11.1 Å². The van der Waals surface area contributed by atoms with Crippen molar-refractivity contribution in [3.8, 4) is 16.9 Å². The van der Waals surface area contributed by atoms with Crippen molar-refractivity contribution < 1.29 is 31.1 Å². The fourth-order valence-corrected chi connectivity index (χ4v) is 5.12. The van der Waals surface area contributed by atoms with E-state index in [-0.39, 0.29) is 11.1 Å². The van der Waals surface area contributed by atoms with E-state index in [4.69, 9.17) is 0 Å². The molecule has 1 aliphatic carbocycles. The molecule has 0 amide bonds. The first kappa shape index (κ1) is 27.1. The first-order chi connectivity index (χ1) is 17.6. The van der Waals surface area contributed by atoms with Gasteiger partial charge in [0.2, 0.25) is 0 Å². The van der Waals surface area contributed by atoms with E-state index in [1.165, 1.54) is 32.1 Å². The second kappa shape index (κ2) is 11.2. The minimum Gasteiger partial charge on any atom is -0.429 e. The van der Waals surface area contributed by atoms with Crippen molar-refractivity contribution in [2.24, 2.45) is 5.92 Å². The molecule has 1 nitrogen and oxygen atoms in total. The molecule has 0 saturated heterocycles. The summed E-state index contributed by atoms with van der Waals surface area (Å²) in [5, 5.41) is 0. The summed E-state index contributed by atoms with van der Waals surface area (Å²) in [6.45, 7) is 3.32. The zero-order valence-corrected chi connectivity index (χ0v) is 20.9. The minimum absolute atomic E-state index is 0.0943. The van der Waals surface area contributed by atoms with Crippen LogP contribution in [0.2, 0.25) is 0 Å². The highest BCUT2D eigenvalue weighted by molar-refractivity contribution is 5.64. The normalized spacial score (nSPS) is 18.2. The van der Waals surface area contributed by atoms with Crippen LogP contribution in [0.1, 0.15) is 74.5 Å². The Bertz CT molecular complexity index is 1180. The van der Waals surface area contributed by atoms with Crippen LogP contribution < -0.4 is 4.74 Å². The van der Waals surface area contributed by atoms with Gasteiger partial charge in [0.05, 0.1) is 0 Å². The van der Waals surface area contributed by atoms with Crippen LogP contribution in [0.4, 0.5) is 26.3 Å². The summed E-state index contributed by atoms with van der Waals surface area (Å²) < 4.78 is 90.6. The predicted molar refractivity (Wildman–Crippen MR) is 132 cm³/mol.